The number of guanidine groups is 1. The second-order valence-electron chi connectivity index (χ2n) is 7.31. The molecule has 0 saturated carbocycles. The molecule has 148 valence electrons. The Kier molecular flexibility index (Phi) is 9.16. The van der Waals surface area contributed by atoms with E-state index in [0.29, 0.717) is 6.54 Å². The first-order valence-corrected chi connectivity index (χ1v) is 10.6. The highest BCUT2D eigenvalue weighted by Crippen LogP contribution is 2.16. The zero-order chi connectivity index (χ0) is 18.9. The smallest absolute Gasteiger partial charge is 0.193 e. The number of hydrogen-bond donors (Lipinski definition) is 1. The molecule has 0 aromatic carbocycles. The molecule has 0 amide bonds. The fourth-order valence-corrected chi connectivity index (χ4v) is 3.61. The van der Waals surface area contributed by atoms with Crippen molar-refractivity contribution in [3.63, 3.8) is 0 Å². The lowest BCUT2D eigenvalue weighted by Gasteiger charge is -2.34. The summed E-state index contributed by atoms with van der Waals surface area (Å²) in [6, 6.07) is 0. The summed E-state index contributed by atoms with van der Waals surface area (Å²) in [6.07, 6.45) is 3.11. The monoisotopic (exact) mass is 377 g/mol. The average molecular weight is 378 g/mol. The third-order valence-electron chi connectivity index (χ3n) is 4.39. The Morgan fingerprint density at radius 3 is 2.40 bits per heavy atom. The summed E-state index contributed by atoms with van der Waals surface area (Å²) in [4.78, 5) is 6.45. The molecule has 0 aliphatic carbocycles. The van der Waals surface area contributed by atoms with Crippen LogP contribution in [0.15, 0.2) is 4.99 Å². The van der Waals surface area contributed by atoms with E-state index in [9.17, 15) is 8.42 Å². The van der Waals surface area contributed by atoms with Gasteiger partial charge in [-0.05, 0) is 40.0 Å². The van der Waals surface area contributed by atoms with E-state index in [-0.39, 0.29) is 11.9 Å². The first-order valence-electron chi connectivity index (χ1n) is 8.99. The fraction of sp³-hybridized carbons (Fsp3) is 0.941. The van der Waals surface area contributed by atoms with Crippen molar-refractivity contribution in [3.05, 3.63) is 0 Å². The van der Waals surface area contributed by atoms with Gasteiger partial charge < -0.3 is 19.7 Å². The first kappa shape index (κ1) is 22.2. The molecule has 0 spiro atoms. The number of nitrogens with zero attached hydrogens (tertiary/aromatic N) is 2. The molecule has 1 rings (SSSR count). The lowest BCUT2D eigenvalue weighted by Crippen LogP contribution is -2.48. The zero-order valence-electron chi connectivity index (χ0n) is 16.4. The molecule has 0 aromatic rings. The molecule has 1 fully saturated rings. The van der Waals surface area contributed by atoms with Crippen molar-refractivity contribution in [2.45, 2.75) is 50.9 Å². The zero-order valence-corrected chi connectivity index (χ0v) is 17.2. The van der Waals surface area contributed by atoms with Gasteiger partial charge in [-0.15, -0.1) is 0 Å². The number of methoxy groups -OCH3 is 1. The molecule has 1 N–H and O–H groups in total. The van der Waals surface area contributed by atoms with Crippen molar-refractivity contribution in [1.29, 1.82) is 0 Å². The lowest BCUT2D eigenvalue weighted by atomic mass is 10.1. The molecule has 0 radical (unpaired) electrons. The van der Waals surface area contributed by atoms with Gasteiger partial charge >= 0.3 is 0 Å². The molecule has 1 heterocycles. The van der Waals surface area contributed by atoms with Crippen LogP contribution < -0.4 is 5.32 Å². The summed E-state index contributed by atoms with van der Waals surface area (Å²) in [7, 11) is 0.306. The van der Waals surface area contributed by atoms with Gasteiger partial charge in [0.25, 0.3) is 0 Å². The summed E-state index contributed by atoms with van der Waals surface area (Å²) < 4.78 is 34.5. The maximum Gasteiger partial charge on any atom is 0.193 e. The minimum absolute atomic E-state index is 0.106. The molecule has 0 unspecified atom stereocenters. The Labute approximate surface area is 153 Å². The fourth-order valence-electron chi connectivity index (χ4n) is 2.62. The van der Waals surface area contributed by atoms with Crippen LogP contribution in [0.1, 0.15) is 40.0 Å². The highest BCUT2D eigenvalue weighted by molar-refractivity contribution is 7.92. The largest absolute Gasteiger partial charge is 0.385 e. The molecular formula is C17H35N3O4S. The predicted octanol–water partition coefficient (Wildman–Crippen LogP) is 1.29. The van der Waals surface area contributed by atoms with Gasteiger partial charge in [0.2, 0.25) is 0 Å². The quantitative estimate of drug-likeness (QED) is 0.390. The third-order valence-corrected chi connectivity index (χ3v) is 6.99. The predicted molar refractivity (Wildman–Crippen MR) is 102 cm³/mol. The molecule has 1 aliphatic rings. The van der Waals surface area contributed by atoms with Crippen LogP contribution in [0, 0.1) is 0 Å². The first-order chi connectivity index (χ1) is 11.7. The molecule has 1 saturated heterocycles. The number of piperidine rings is 1. The summed E-state index contributed by atoms with van der Waals surface area (Å²) in [6.45, 7) is 8.75. The molecule has 8 heteroatoms. The third kappa shape index (κ3) is 7.50. The Morgan fingerprint density at radius 2 is 1.88 bits per heavy atom. The Bertz CT molecular complexity index is 506. The molecule has 0 aromatic heterocycles. The van der Waals surface area contributed by atoms with E-state index < -0.39 is 14.6 Å². The van der Waals surface area contributed by atoms with E-state index in [0.717, 1.165) is 51.5 Å². The molecule has 0 bridgehead atoms. The highest BCUT2D eigenvalue weighted by atomic mass is 32.2. The molecule has 0 atom stereocenters. The molecule has 7 nitrogen and oxygen atoms in total. The van der Waals surface area contributed by atoms with Crippen LogP contribution in [0.3, 0.4) is 0 Å². The van der Waals surface area contributed by atoms with Gasteiger partial charge in [-0.25, -0.2) is 8.42 Å². The Balaban J connectivity index is 2.35. The van der Waals surface area contributed by atoms with Gasteiger partial charge in [-0.3, -0.25) is 4.99 Å². The molecule has 1 aliphatic heterocycles. The van der Waals surface area contributed by atoms with Crippen LogP contribution in [0.5, 0.6) is 0 Å². The van der Waals surface area contributed by atoms with Crippen LogP contribution >= 0.6 is 0 Å². The number of sulfone groups is 1. The van der Waals surface area contributed by atoms with Gasteiger partial charge in [-0.1, -0.05) is 0 Å². The van der Waals surface area contributed by atoms with Crippen molar-refractivity contribution in [1.82, 2.24) is 10.2 Å². The van der Waals surface area contributed by atoms with Crippen LogP contribution in [-0.4, -0.2) is 82.9 Å². The number of rotatable bonds is 8. The normalized spacial score (nSPS) is 17.8. The SMILES string of the molecule is CN=C(NCCS(=O)(=O)C(C)(C)C)N1CCC(OCCCOC)CC1. The van der Waals surface area contributed by atoms with E-state index in [2.05, 4.69) is 15.2 Å². The van der Waals surface area contributed by atoms with E-state index in [1.54, 1.807) is 34.9 Å². The summed E-state index contributed by atoms with van der Waals surface area (Å²) in [5, 5.41) is 3.18. The topological polar surface area (TPSA) is 80.2 Å². The Hall–Kier alpha value is -0.860. The van der Waals surface area contributed by atoms with Crippen LogP contribution in [0.4, 0.5) is 0 Å². The van der Waals surface area contributed by atoms with Crippen molar-refractivity contribution in [2.75, 3.05) is 52.8 Å². The lowest BCUT2D eigenvalue weighted by molar-refractivity contribution is 0.00993. The van der Waals surface area contributed by atoms with Crippen LogP contribution in [-0.2, 0) is 19.3 Å². The standard InChI is InChI=1S/C17H35N3O4S/c1-17(2,3)25(21,22)14-9-19-16(18-4)20-10-7-15(8-11-20)24-13-6-12-23-5/h15H,6-14H2,1-5H3,(H,18,19). The highest BCUT2D eigenvalue weighted by Gasteiger charge is 2.28. The van der Waals surface area contributed by atoms with Gasteiger partial charge in [0, 0.05) is 47.0 Å². The van der Waals surface area contributed by atoms with Gasteiger partial charge in [-0.2, -0.15) is 0 Å². The summed E-state index contributed by atoms with van der Waals surface area (Å²) in [5.74, 6) is 0.871. The van der Waals surface area contributed by atoms with Gasteiger partial charge in [0.1, 0.15) is 0 Å². The van der Waals surface area contributed by atoms with Gasteiger partial charge in [0.15, 0.2) is 15.8 Å². The maximum atomic E-state index is 12.2. The summed E-state index contributed by atoms with van der Waals surface area (Å²) in [5.41, 5.74) is 0. The number of ether oxygens (including phenoxy) is 2. The average Bonchev–Trinajstić information content (AvgIpc) is 2.55. The van der Waals surface area contributed by atoms with Crippen LogP contribution in [0.25, 0.3) is 0 Å². The maximum absolute atomic E-state index is 12.2. The molecular weight excluding hydrogens is 342 g/mol. The van der Waals surface area contributed by atoms with Crippen molar-refractivity contribution in [2.24, 2.45) is 4.99 Å². The van der Waals surface area contributed by atoms with Crippen molar-refractivity contribution < 1.29 is 17.9 Å². The second-order valence-corrected chi connectivity index (χ2v) is 10.2. The van der Waals surface area contributed by atoms with Crippen molar-refractivity contribution >= 4 is 15.8 Å². The summed E-state index contributed by atoms with van der Waals surface area (Å²) >= 11 is 0. The number of nitrogens with one attached hydrogen (secondary N) is 1. The van der Waals surface area contributed by atoms with E-state index in [1.165, 1.54) is 0 Å². The molecule has 25 heavy (non-hydrogen) atoms. The van der Waals surface area contributed by atoms with E-state index in [4.69, 9.17) is 9.47 Å². The number of hydrogen-bond acceptors (Lipinski definition) is 5. The van der Waals surface area contributed by atoms with E-state index >= 15 is 0 Å². The van der Waals surface area contributed by atoms with Crippen LogP contribution in [0.2, 0.25) is 0 Å². The second kappa shape index (κ2) is 10.3. The Morgan fingerprint density at radius 1 is 1.24 bits per heavy atom. The minimum Gasteiger partial charge on any atom is -0.385 e. The van der Waals surface area contributed by atoms with Gasteiger partial charge in [0.05, 0.1) is 16.6 Å². The minimum atomic E-state index is -3.12. The number of likely N-dealkylation sites (tertiary alicyclic amines) is 1. The van der Waals surface area contributed by atoms with E-state index in [1.807, 2.05) is 0 Å². The van der Waals surface area contributed by atoms with Crippen molar-refractivity contribution in [3.8, 4) is 0 Å². The number of aliphatic imine (C=N–C) groups is 1.